The van der Waals surface area contributed by atoms with E-state index >= 15 is 0 Å². The maximum atomic E-state index is 14.2. The molecule has 0 unspecified atom stereocenters. The number of amides is 4. The van der Waals surface area contributed by atoms with Gasteiger partial charge < -0.3 is 4.90 Å². The predicted octanol–water partition coefficient (Wildman–Crippen LogP) is 6.89. The number of rotatable bonds is 11. The van der Waals surface area contributed by atoms with Gasteiger partial charge >= 0.3 is 0 Å². The monoisotopic (exact) mass is 633 g/mol. The van der Waals surface area contributed by atoms with Crippen molar-refractivity contribution in [1.82, 2.24) is 10.0 Å². The van der Waals surface area contributed by atoms with Crippen LogP contribution in [0.25, 0.3) is 17.2 Å². The van der Waals surface area contributed by atoms with Crippen LogP contribution in [0.2, 0.25) is 0 Å². The van der Waals surface area contributed by atoms with Crippen LogP contribution in [0.4, 0.5) is 5.00 Å². The standard InChI is InChI=1S/C36H35N5O4S/c1-5-7-19-39(20-8-6-2)36-30(23-38)32(26-15-11-9-12-16-26)31(46-36)21-28-24(3)29(22-37)35(45)41(34(28)44)40(25(4)42)33(43)27-17-13-10-14-18-27/h9-18,21H,5-8,19-20H2,1-4H3/b28-21-. The van der Waals surface area contributed by atoms with Gasteiger partial charge in [0.2, 0.25) is 5.91 Å². The van der Waals surface area contributed by atoms with Crippen molar-refractivity contribution < 1.29 is 19.2 Å². The van der Waals surface area contributed by atoms with E-state index < -0.39 is 23.6 Å². The minimum Gasteiger partial charge on any atom is -0.362 e. The number of thiophene rings is 1. The third kappa shape index (κ3) is 6.68. The highest BCUT2D eigenvalue weighted by Crippen LogP contribution is 2.44. The highest BCUT2D eigenvalue weighted by molar-refractivity contribution is 7.17. The molecule has 4 amide bonds. The van der Waals surface area contributed by atoms with Crippen LogP contribution in [-0.4, -0.2) is 46.7 Å². The first-order valence-corrected chi connectivity index (χ1v) is 16.0. The number of hydrazine groups is 1. The fourth-order valence-electron chi connectivity index (χ4n) is 5.23. The van der Waals surface area contributed by atoms with Gasteiger partial charge in [0.25, 0.3) is 17.7 Å². The summed E-state index contributed by atoms with van der Waals surface area (Å²) in [5, 5.41) is 22.2. The SMILES string of the molecule is CCCCN(CCCC)c1sc(/C=C2\C(=O)N(N(C(C)=O)C(=O)c3ccccc3)C(=O)C(C#N)=C2C)c(-c2ccccc2)c1C#N. The molecule has 46 heavy (non-hydrogen) atoms. The lowest BCUT2D eigenvalue weighted by Crippen LogP contribution is -2.57. The van der Waals surface area contributed by atoms with Gasteiger partial charge in [0.05, 0.1) is 5.56 Å². The molecular formula is C36H35N5O4S. The first kappa shape index (κ1) is 33.6. The molecule has 0 saturated carbocycles. The lowest BCUT2D eigenvalue weighted by Gasteiger charge is -2.34. The van der Waals surface area contributed by atoms with E-state index in [0.717, 1.165) is 56.3 Å². The van der Waals surface area contributed by atoms with Crippen LogP contribution >= 0.6 is 11.3 Å². The minimum atomic E-state index is -1.07. The smallest absolute Gasteiger partial charge is 0.291 e. The molecule has 4 rings (SSSR count). The minimum absolute atomic E-state index is 0.0357. The molecule has 0 atom stereocenters. The summed E-state index contributed by atoms with van der Waals surface area (Å²) in [6.07, 6.45) is 5.39. The number of benzene rings is 2. The maximum absolute atomic E-state index is 14.2. The highest BCUT2D eigenvalue weighted by Gasteiger charge is 2.43. The number of unbranched alkanes of at least 4 members (excludes halogenated alkanes) is 2. The van der Waals surface area contributed by atoms with Crippen LogP contribution < -0.4 is 4.90 Å². The molecule has 234 valence electrons. The average Bonchev–Trinajstić information content (AvgIpc) is 3.43. The number of nitrogens with zero attached hydrogens (tertiary/aromatic N) is 5. The fourth-order valence-corrected chi connectivity index (χ4v) is 6.50. The lowest BCUT2D eigenvalue weighted by molar-refractivity contribution is -0.163. The summed E-state index contributed by atoms with van der Waals surface area (Å²) in [5.41, 5.74) is 1.65. The zero-order valence-corrected chi connectivity index (χ0v) is 27.2. The normalized spacial score (nSPS) is 13.9. The number of imide groups is 2. The summed E-state index contributed by atoms with van der Waals surface area (Å²) < 4.78 is 0. The first-order valence-electron chi connectivity index (χ1n) is 15.2. The molecular weight excluding hydrogens is 598 g/mol. The summed E-state index contributed by atoms with van der Waals surface area (Å²) in [6.45, 7) is 8.29. The Bertz CT molecular complexity index is 1790. The van der Waals surface area contributed by atoms with Crippen LogP contribution in [0.1, 0.15) is 74.2 Å². The second-order valence-corrected chi connectivity index (χ2v) is 11.8. The van der Waals surface area contributed by atoms with E-state index in [0.29, 0.717) is 26.0 Å². The largest absolute Gasteiger partial charge is 0.362 e. The van der Waals surface area contributed by atoms with E-state index in [1.165, 1.54) is 30.4 Å². The topological polar surface area (TPSA) is 126 Å². The number of nitriles is 2. The van der Waals surface area contributed by atoms with Crippen LogP contribution in [-0.2, 0) is 14.4 Å². The number of hydrogen-bond donors (Lipinski definition) is 0. The molecule has 9 nitrogen and oxygen atoms in total. The predicted molar refractivity (Wildman–Crippen MR) is 178 cm³/mol. The van der Waals surface area contributed by atoms with Crippen molar-refractivity contribution in [3.63, 3.8) is 0 Å². The zero-order valence-electron chi connectivity index (χ0n) is 26.4. The van der Waals surface area contributed by atoms with Crippen molar-refractivity contribution in [3.05, 3.63) is 93.4 Å². The number of carbonyl (C=O) groups is 4. The number of carbonyl (C=O) groups excluding carboxylic acids is 4. The van der Waals surface area contributed by atoms with Gasteiger partial charge in [0, 0.05) is 41.6 Å². The Morgan fingerprint density at radius 3 is 2.00 bits per heavy atom. The summed E-state index contributed by atoms with van der Waals surface area (Å²) in [5.74, 6) is -3.75. The van der Waals surface area contributed by atoms with E-state index in [9.17, 15) is 29.7 Å². The molecule has 0 spiro atoms. The molecule has 0 bridgehead atoms. The Morgan fingerprint density at radius 2 is 1.48 bits per heavy atom. The van der Waals surface area contributed by atoms with Crippen molar-refractivity contribution in [2.24, 2.45) is 0 Å². The van der Waals surface area contributed by atoms with Crippen LogP contribution in [0.5, 0.6) is 0 Å². The molecule has 0 fully saturated rings. The van der Waals surface area contributed by atoms with Gasteiger partial charge in [-0.05, 0) is 49.1 Å². The van der Waals surface area contributed by atoms with Crippen LogP contribution in [0, 0.1) is 22.7 Å². The summed E-state index contributed by atoms with van der Waals surface area (Å²) >= 11 is 1.36. The van der Waals surface area contributed by atoms with Crippen molar-refractivity contribution in [2.75, 3.05) is 18.0 Å². The Morgan fingerprint density at radius 1 is 0.891 bits per heavy atom. The second-order valence-electron chi connectivity index (χ2n) is 10.8. The van der Waals surface area contributed by atoms with Crippen LogP contribution in [0.3, 0.4) is 0 Å². The molecule has 2 heterocycles. The van der Waals surface area contributed by atoms with Crippen LogP contribution in [0.15, 0.2) is 77.4 Å². The number of anilines is 1. The summed E-state index contributed by atoms with van der Waals surface area (Å²) in [7, 11) is 0. The molecule has 1 aromatic heterocycles. The van der Waals surface area contributed by atoms with Gasteiger partial charge in [-0.1, -0.05) is 75.2 Å². The van der Waals surface area contributed by atoms with E-state index in [1.807, 2.05) is 36.4 Å². The second kappa shape index (κ2) is 15.1. The van der Waals surface area contributed by atoms with Crippen molar-refractivity contribution >= 4 is 46.0 Å². The van der Waals surface area contributed by atoms with E-state index in [1.54, 1.807) is 24.3 Å². The molecule has 1 aliphatic rings. The fraction of sp³-hybridized carbons (Fsp3) is 0.278. The molecule has 0 aliphatic carbocycles. The number of hydrogen-bond acceptors (Lipinski definition) is 8. The molecule has 1 aliphatic heterocycles. The Kier molecular flexibility index (Phi) is 11.0. The van der Waals surface area contributed by atoms with E-state index in [-0.39, 0.29) is 22.3 Å². The Balaban J connectivity index is 1.96. The molecule has 0 saturated heterocycles. The summed E-state index contributed by atoms with van der Waals surface area (Å²) in [6, 6.07) is 21.4. The molecule has 3 aromatic rings. The molecule has 10 heteroatoms. The van der Waals surface area contributed by atoms with Crippen molar-refractivity contribution in [2.45, 2.75) is 53.4 Å². The Labute approximate surface area is 273 Å². The van der Waals surface area contributed by atoms with Gasteiger partial charge in [-0.3, -0.25) is 19.2 Å². The first-order chi connectivity index (χ1) is 22.2. The van der Waals surface area contributed by atoms with Gasteiger partial charge in [0.15, 0.2) is 0 Å². The van der Waals surface area contributed by atoms with Gasteiger partial charge in [-0.15, -0.1) is 11.3 Å². The third-order valence-electron chi connectivity index (χ3n) is 7.65. The summed E-state index contributed by atoms with van der Waals surface area (Å²) in [4.78, 5) is 56.9. The Hall–Kier alpha value is -5.32. The lowest BCUT2D eigenvalue weighted by atomic mass is 9.94. The molecule has 0 N–H and O–H groups in total. The quantitative estimate of drug-likeness (QED) is 0.166. The maximum Gasteiger partial charge on any atom is 0.291 e. The average molecular weight is 634 g/mol. The van der Waals surface area contributed by atoms with Gasteiger partial charge in [-0.2, -0.15) is 20.5 Å². The van der Waals surface area contributed by atoms with Crippen molar-refractivity contribution in [1.29, 1.82) is 10.5 Å². The van der Waals surface area contributed by atoms with Gasteiger partial charge in [-0.25, -0.2) is 0 Å². The highest BCUT2D eigenvalue weighted by atomic mass is 32.1. The molecule has 2 aromatic carbocycles. The van der Waals surface area contributed by atoms with Gasteiger partial charge in [0.1, 0.15) is 22.7 Å². The zero-order chi connectivity index (χ0) is 33.4. The van der Waals surface area contributed by atoms with Crippen molar-refractivity contribution in [3.8, 4) is 23.3 Å². The third-order valence-corrected chi connectivity index (χ3v) is 8.85. The van der Waals surface area contributed by atoms with E-state index in [4.69, 9.17) is 0 Å². The van der Waals surface area contributed by atoms with E-state index in [2.05, 4.69) is 24.8 Å². The molecule has 0 radical (unpaired) electrons.